The summed E-state index contributed by atoms with van der Waals surface area (Å²) < 4.78 is 4.87. The smallest absolute Gasteiger partial charge is 0.371 e. The number of nitrogens with zero attached hydrogens (tertiary/aromatic N) is 1. The normalized spacial score (nSPS) is 12.5. The van der Waals surface area contributed by atoms with Gasteiger partial charge in [0.15, 0.2) is 5.76 Å². The second-order valence-corrected chi connectivity index (χ2v) is 3.99. The van der Waals surface area contributed by atoms with Crippen molar-refractivity contribution in [2.75, 3.05) is 20.6 Å². The molecule has 1 aromatic rings. The molecule has 0 spiro atoms. The van der Waals surface area contributed by atoms with E-state index in [1.54, 1.807) is 0 Å². The Balaban J connectivity index is 2.55. The second-order valence-electron chi connectivity index (χ2n) is 3.99. The lowest BCUT2D eigenvalue weighted by atomic mass is 10.3. The van der Waals surface area contributed by atoms with E-state index in [-0.39, 0.29) is 17.6 Å². The first-order valence-corrected chi connectivity index (χ1v) is 5.19. The first-order valence-electron chi connectivity index (χ1n) is 5.19. The Bertz CT molecular complexity index is 411. The van der Waals surface area contributed by atoms with Gasteiger partial charge >= 0.3 is 5.97 Å². The number of furan rings is 1. The fourth-order valence-corrected chi connectivity index (χ4v) is 1.08. The lowest BCUT2D eigenvalue weighted by Crippen LogP contribution is -2.38. The van der Waals surface area contributed by atoms with E-state index in [0.29, 0.717) is 6.54 Å². The maximum atomic E-state index is 11.6. The summed E-state index contributed by atoms with van der Waals surface area (Å²) in [6.45, 7) is 2.43. The highest BCUT2D eigenvalue weighted by molar-refractivity contribution is 5.93. The van der Waals surface area contributed by atoms with Gasteiger partial charge in [0, 0.05) is 12.6 Å². The van der Waals surface area contributed by atoms with Gasteiger partial charge in [-0.1, -0.05) is 0 Å². The summed E-state index contributed by atoms with van der Waals surface area (Å²) in [5, 5.41) is 11.3. The summed E-state index contributed by atoms with van der Waals surface area (Å²) in [5.41, 5.74) is 0. The van der Waals surface area contributed by atoms with Crippen molar-refractivity contribution in [3.63, 3.8) is 0 Å². The predicted molar refractivity (Wildman–Crippen MR) is 61.1 cm³/mol. The Hall–Kier alpha value is -1.82. The van der Waals surface area contributed by atoms with E-state index < -0.39 is 11.9 Å². The largest absolute Gasteiger partial charge is 0.475 e. The zero-order valence-corrected chi connectivity index (χ0v) is 10.1. The van der Waals surface area contributed by atoms with Crippen molar-refractivity contribution in [2.45, 2.75) is 13.0 Å². The Morgan fingerprint density at radius 1 is 1.41 bits per heavy atom. The molecule has 1 amide bonds. The molecule has 6 heteroatoms. The summed E-state index contributed by atoms with van der Waals surface area (Å²) in [7, 11) is 3.82. The number of rotatable bonds is 5. The lowest BCUT2D eigenvalue weighted by Gasteiger charge is -2.19. The van der Waals surface area contributed by atoms with Crippen molar-refractivity contribution >= 4 is 11.9 Å². The van der Waals surface area contributed by atoms with Crippen LogP contribution in [-0.2, 0) is 0 Å². The van der Waals surface area contributed by atoms with E-state index >= 15 is 0 Å². The molecule has 0 aliphatic carbocycles. The summed E-state index contributed by atoms with van der Waals surface area (Å²) in [6.07, 6.45) is 0. The first kappa shape index (κ1) is 13.2. The Kier molecular flexibility index (Phi) is 4.28. The zero-order valence-electron chi connectivity index (χ0n) is 10.1. The number of carboxylic acids is 1. The van der Waals surface area contributed by atoms with Crippen LogP contribution in [0.4, 0.5) is 0 Å². The van der Waals surface area contributed by atoms with Crippen molar-refractivity contribution in [1.82, 2.24) is 10.2 Å². The van der Waals surface area contributed by atoms with Crippen LogP contribution < -0.4 is 5.32 Å². The molecule has 6 nitrogen and oxygen atoms in total. The van der Waals surface area contributed by atoms with Gasteiger partial charge in [-0.3, -0.25) is 4.79 Å². The number of hydrogen-bond donors (Lipinski definition) is 2. The van der Waals surface area contributed by atoms with Crippen LogP contribution in [-0.4, -0.2) is 48.6 Å². The molecule has 1 atom stereocenters. The molecule has 0 radical (unpaired) electrons. The van der Waals surface area contributed by atoms with Gasteiger partial charge in [-0.25, -0.2) is 4.79 Å². The monoisotopic (exact) mass is 240 g/mol. The quantitative estimate of drug-likeness (QED) is 0.790. The van der Waals surface area contributed by atoms with Crippen molar-refractivity contribution in [2.24, 2.45) is 0 Å². The van der Waals surface area contributed by atoms with Gasteiger partial charge in [-0.15, -0.1) is 0 Å². The summed E-state index contributed by atoms with van der Waals surface area (Å²) in [6, 6.07) is 2.79. The van der Waals surface area contributed by atoms with Crippen molar-refractivity contribution in [3.05, 3.63) is 23.7 Å². The average molecular weight is 240 g/mol. The van der Waals surface area contributed by atoms with Gasteiger partial charge in [-0.05, 0) is 33.2 Å². The van der Waals surface area contributed by atoms with E-state index in [1.807, 2.05) is 25.9 Å². The number of likely N-dealkylation sites (N-methyl/N-ethyl adjacent to an activating group) is 1. The minimum Gasteiger partial charge on any atom is -0.475 e. The molecule has 0 aliphatic heterocycles. The molecular weight excluding hydrogens is 224 g/mol. The van der Waals surface area contributed by atoms with Crippen LogP contribution in [0.25, 0.3) is 0 Å². The molecular formula is C11H16N2O4. The third kappa shape index (κ3) is 3.60. The number of carbonyl (C=O) groups excluding carboxylic acids is 1. The zero-order chi connectivity index (χ0) is 13.0. The molecule has 94 valence electrons. The van der Waals surface area contributed by atoms with Crippen molar-refractivity contribution < 1.29 is 19.1 Å². The van der Waals surface area contributed by atoms with Gasteiger partial charge in [0.2, 0.25) is 5.76 Å². The van der Waals surface area contributed by atoms with Gasteiger partial charge in [0.1, 0.15) is 0 Å². The fraction of sp³-hybridized carbons (Fsp3) is 0.455. The summed E-state index contributed by atoms with van der Waals surface area (Å²) in [4.78, 5) is 24.1. The topological polar surface area (TPSA) is 82.8 Å². The van der Waals surface area contributed by atoms with Gasteiger partial charge in [-0.2, -0.15) is 0 Å². The highest BCUT2D eigenvalue weighted by Gasteiger charge is 2.15. The molecule has 0 aliphatic rings. The van der Waals surface area contributed by atoms with Gasteiger partial charge in [0.05, 0.1) is 0 Å². The van der Waals surface area contributed by atoms with E-state index in [1.165, 1.54) is 12.1 Å². The van der Waals surface area contributed by atoms with Gasteiger partial charge in [0.25, 0.3) is 5.91 Å². The van der Waals surface area contributed by atoms with E-state index in [0.717, 1.165) is 0 Å². The van der Waals surface area contributed by atoms with E-state index in [2.05, 4.69) is 5.32 Å². The molecule has 0 bridgehead atoms. The minimum atomic E-state index is -1.19. The molecule has 1 rings (SSSR count). The number of carboxylic acid groups (broad SMARTS) is 1. The molecule has 0 aromatic carbocycles. The van der Waals surface area contributed by atoms with E-state index in [4.69, 9.17) is 9.52 Å². The maximum Gasteiger partial charge on any atom is 0.371 e. The number of amides is 1. The van der Waals surface area contributed by atoms with Gasteiger partial charge < -0.3 is 19.7 Å². The van der Waals surface area contributed by atoms with Crippen LogP contribution in [0.3, 0.4) is 0 Å². The second kappa shape index (κ2) is 5.49. The average Bonchev–Trinajstić information content (AvgIpc) is 2.74. The Labute approximate surface area is 99.2 Å². The minimum absolute atomic E-state index is 0.00774. The standard InChI is InChI=1S/C11H16N2O4/c1-7(13(2)3)6-12-10(14)8-4-5-9(17-8)11(15)16/h4-5,7H,6H2,1-3H3,(H,12,14)(H,15,16). The Morgan fingerprint density at radius 3 is 2.47 bits per heavy atom. The van der Waals surface area contributed by atoms with Crippen molar-refractivity contribution in [1.29, 1.82) is 0 Å². The molecule has 1 unspecified atom stereocenters. The molecule has 0 fully saturated rings. The SMILES string of the molecule is CC(CNC(=O)c1ccc(C(=O)O)o1)N(C)C. The first-order chi connectivity index (χ1) is 7.91. The van der Waals surface area contributed by atoms with Crippen molar-refractivity contribution in [3.8, 4) is 0 Å². The van der Waals surface area contributed by atoms with Crippen LogP contribution in [0.5, 0.6) is 0 Å². The summed E-state index contributed by atoms with van der Waals surface area (Å²) in [5.74, 6) is -1.83. The number of nitrogens with one attached hydrogen (secondary N) is 1. The van der Waals surface area contributed by atoms with E-state index in [9.17, 15) is 9.59 Å². The predicted octanol–water partition coefficient (Wildman–Crippen LogP) is 0.658. The van der Waals surface area contributed by atoms with Crippen LogP contribution in [0.1, 0.15) is 28.0 Å². The molecule has 1 heterocycles. The fourth-order valence-electron chi connectivity index (χ4n) is 1.08. The maximum absolute atomic E-state index is 11.6. The number of carbonyl (C=O) groups is 2. The van der Waals surface area contributed by atoms with Crippen LogP contribution >= 0.6 is 0 Å². The molecule has 1 aromatic heterocycles. The van der Waals surface area contributed by atoms with Crippen LogP contribution in [0.15, 0.2) is 16.5 Å². The number of hydrogen-bond acceptors (Lipinski definition) is 4. The Morgan fingerprint density at radius 2 is 2.00 bits per heavy atom. The third-order valence-corrected chi connectivity index (χ3v) is 2.48. The number of aromatic carboxylic acids is 1. The van der Waals surface area contributed by atoms with Crippen LogP contribution in [0.2, 0.25) is 0 Å². The lowest BCUT2D eigenvalue weighted by molar-refractivity contribution is 0.0659. The van der Waals surface area contributed by atoms with Crippen LogP contribution in [0, 0.1) is 0 Å². The molecule has 0 saturated carbocycles. The molecule has 0 saturated heterocycles. The summed E-state index contributed by atoms with van der Waals surface area (Å²) >= 11 is 0. The highest BCUT2D eigenvalue weighted by Crippen LogP contribution is 2.07. The highest BCUT2D eigenvalue weighted by atomic mass is 16.4. The molecule has 2 N–H and O–H groups in total. The molecule has 17 heavy (non-hydrogen) atoms. The third-order valence-electron chi connectivity index (χ3n) is 2.48.